The fourth-order valence-corrected chi connectivity index (χ4v) is 5.77. The van der Waals surface area contributed by atoms with Crippen LogP contribution in [-0.4, -0.2) is 70.4 Å². The third-order valence-corrected chi connectivity index (χ3v) is 8.03. The van der Waals surface area contributed by atoms with Crippen molar-refractivity contribution < 1.29 is 19.1 Å². The van der Waals surface area contributed by atoms with Crippen molar-refractivity contribution in [1.82, 2.24) is 24.4 Å². The van der Waals surface area contributed by atoms with Crippen LogP contribution in [0.5, 0.6) is 11.5 Å². The second kappa shape index (κ2) is 10.9. The number of carbonyl (C=O) groups is 2. The van der Waals surface area contributed by atoms with E-state index in [4.69, 9.17) is 25.9 Å². The van der Waals surface area contributed by atoms with Crippen LogP contribution in [0.15, 0.2) is 28.5 Å². The number of likely N-dealkylation sites (tertiary alicyclic amines) is 1. The second-order valence-electron chi connectivity index (χ2n) is 9.42. The first-order valence-electron chi connectivity index (χ1n) is 12.5. The lowest BCUT2D eigenvalue weighted by Gasteiger charge is -2.32. The number of carbonyl (C=O) groups excluding carboxylic acids is 2. The quantitative estimate of drug-likeness (QED) is 0.402. The minimum atomic E-state index is -0.444. The van der Waals surface area contributed by atoms with Gasteiger partial charge in [0.05, 0.1) is 0 Å². The molecule has 1 aromatic carbocycles. The van der Waals surface area contributed by atoms with E-state index in [2.05, 4.69) is 14.5 Å². The highest BCUT2D eigenvalue weighted by atomic mass is 32.2. The molecule has 1 fully saturated rings. The van der Waals surface area contributed by atoms with Crippen LogP contribution in [0.4, 0.5) is 5.82 Å². The lowest BCUT2D eigenvalue weighted by molar-refractivity contribution is -0.134. The summed E-state index contributed by atoms with van der Waals surface area (Å²) in [5.74, 6) is 1.87. The van der Waals surface area contributed by atoms with Crippen molar-refractivity contribution in [3.63, 3.8) is 0 Å². The van der Waals surface area contributed by atoms with Gasteiger partial charge >= 0.3 is 0 Å². The number of nitrogens with zero attached hydrogens (tertiary/aromatic N) is 5. The number of primary amides is 1. The highest BCUT2D eigenvalue weighted by molar-refractivity contribution is 7.99. The molecule has 5 rings (SSSR count). The normalized spacial score (nSPS) is 15.7. The van der Waals surface area contributed by atoms with Gasteiger partial charge in [-0.05, 0) is 37.3 Å². The molecular weight excluding hydrogens is 493 g/mol. The Kier molecular flexibility index (Phi) is 7.40. The Bertz CT molecular complexity index is 1330. The van der Waals surface area contributed by atoms with Gasteiger partial charge in [0.2, 0.25) is 11.8 Å². The average Bonchev–Trinajstić information content (AvgIpc) is 3.25. The number of nitrogens with two attached hydrogens (primary N) is 2. The summed E-state index contributed by atoms with van der Waals surface area (Å²) >= 11 is 1.55. The van der Waals surface area contributed by atoms with Crippen molar-refractivity contribution in [2.75, 3.05) is 32.0 Å². The maximum Gasteiger partial charge on any atom is 0.223 e. The van der Waals surface area contributed by atoms with E-state index in [0.29, 0.717) is 49.2 Å². The number of rotatable bonds is 8. The summed E-state index contributed by atoms with van der Waals surface area (Å²) < 4.78 is 13.6. The summed E-state index contributed by atoms with van der Waals surface area (Å²) in [5.41, 5.74) is 13.7. The van der Waals surface area contributed by atoms with Gasteiger partial charge in [-0.3, -0.25) is 9.59 Å². The Morgan fingerprint density at radius 1 is 1.11 bits per heavy atom. The van der Waals surface area contributed by atoms with E-state index in [1.807, 2.05) is 24.9 Å². The third-order valence-electron chi connectivity index (χ3n) is 6.88. The molecule has 0 aliphatic carbocycles. The Balaban J connectivity index is 1.30. The number of piperidine rings is 1. The summed E-state index contributed by atoms with van der Waals surface area (Å²) in [6.45, 7) is 3.19. The number of nitrogen functional groups attached to an aromatic ring is 1. The molecule has 0 atom stereocenters. The van der Waals surface area contributed by atoms with Crippen LogP contribution in [0.2, 0.25) is 0 Å². The van der Waals surface area contributed by atoms with Gasteiger partial charge < -0.3 is 30.4 Å². The molecule has 13 heteroatoms. The van der Waals surface area contributed by atoms with Crippen LogP contribution in [0.25, 0.3) is 11.2 Å². The van der Waals surface area contributed by atoms with Crippen LogP contribution < -0.4 is 26.4 Å². The number of aromatic nitrogens is 4. The van der Waals surface area contributed by atoms with E-state index in [0.717, 1.165) is 52.8 Å². The van der Waals surface area contributed by atoms with Crippen molar-refractivity contribution in [3.05, 3.63) is 18.5 Å². The molecular formula is C24H30BN7O4S. The fraction of sp³-hybridized carbons (Fsp3) is 0.458. The zero-order valence-electron chi connectivity index (χ0n) is 20.8. The predicted molar refractivity (Wildman–Crippen MR) is 142 cm³/mol. The SMILES string of the molecule is Bc1cc2c(cc1Sc1nc3c(N)ncnc3n1CCC1CCN(C(=O)CCC(N)=O)CC1)OCCO2. The first kappa shape index (κ1) is 25.2. The molecule has 3 aromatic rings. The zero-order valence-corrected chi connectivity index (χ0v) is 21.6. The molecule has 0 saturated carbocycles. The number of hydrogen-bond acceptors (Lipinski definition) is 9. The van der Waals surface area contributed by atoms with E-state index < -0.39 is 5.91 Å². The molecule has 2 aliphatic rings. The lowest BCUT2D eigenvalue weighted by Crippen LogP contribution is -2.39. The summed E-state index contributed by atoms with van der Waals surface area (Å²) in [5, 5.41) is 0.793. The first-order chi connectivity index (χ1) is 17.9. The van der Waals surface area contributed by atoms with Crippen LogP contribution >= 0.6 is 11.8 Å². The minimum absolute atomic E-state index is 0.00138. The highest BCUT2D eigenvalue weighted by Crippen LogP contribution is 2.37. The van der Waals surface area contributed by atoms with Crippen molar-refractivity contribution >= 4 is 53.9 Å². The van der Waals surface area contributed by atoms with E-state index in [1.54, 1.807) is 11.8 Å². The fourth-order valence-electron chi connectivity index (χ4n) is 4.76. The molecule has 37 heavy (non-hydrogen) atoms. The first-order valence-corrected chi connectivity index (χ1v) is 13.3. The number of aryl methyl sites for hydroxylation is 1. The van der Waals surface area contributed by atoms with Crippen LogP contribution in [0, 0.1) is 5.92 Å². The molecule has 2 amide bonds. The van der Waals surface area contributed by atoms with Crippen molar-refractivity contribution in [2.45, 2.75) is 48.7 Å². The van der Waals surface area contributed by atoms with E-state index in [-0.39, 0.29) is 18.7 Å². The molecule has 2 aliphatic heterocycles. The Hall–Kier alpha value is -3.48. The smallest absolute Gasteiger partial charge is 0.223 e. The van der Waals surface area contributed by atoms with E-state index in [1.165, 1.54) is 6.33 Å². The summed E-state index contributed by atoms with van der Waals surface area (Å²) in [4.78, 5) is 39.6. The van der Waals surface area contributed by atoms with Crippen molar-refractivity contribution in [2.24, 2.45) is 11.7 Å². The van der Waals surface area contributed by atoms with Crippen LogP contribution in [0.1, 0.15) is 32.1 Å². The van der Waals surface area contributed by atoms with Gasteiger partial charge in [0, 0.05) is 37.4 Å². The number of hydrogen-bond donors (Lipinski definition) is 2. The maximum absolute atomic E-state index is 12.3. The average molecular weight is 523 g/mol. The topological polar surface area (TPSA) is 151 Å². The molecule has 1 saturated heterocycles. The van der Waals surface area contributed by atoms with Crippen molar-refractivity contribution in [3.8, 4) is 11.5 Å². The van der Waals surface area contributed by atoms with Gasteiger partial charge in [-0.1, -0.05) is 17.2 Å². The van der Waals surface area contributed by atoms with Gasteiger partial charge in [-0.25, -0.2) is 15.0 Å². The molecule has 0 unspecified atom stereocenters. The number of anilines is 1. The largest absolute Gasteiger partial charge is 0.486 e. The number of ether oxygens (including phenoxy) is 2. The maximum atomic E-state index is 12.3. The third kappa shape index (κ3) is 5.61. The van der Waals surface area contributed by atoms with E-state index in [9.17, 15) is 9.59 Å². The minimum Gasteiger partial charge on any atom is -0.486 e. The Labute approximate surface area is 219 Å². The summed E-state index contributed by atoms with van der Waals surface area (Å²) in [7, 11) is 2.04. The monoisotopic (exact) mass is 523 g/mol. The lowest BCUT2D eigenvalue weighted by atomic mass is 9.93. The molecule has 4 N–H and O–H groups in total. The van der Waals surface area contributed by atoms with Gasteiger partial charge in [-0.2, -0.15) is 0 Å². The standard InChI is InChI=1S/C24H30BN7O4S/c25-15-11-16-17(36-10-9-35-16)12-18(15)37-24-30-21-22(27)28-13-29-23(21)32(24)8-5-14-3-6-31(7-4-14)20(34)2-1-19(26)33/h11-14H,1-10,25H2,(H2,26,33)(H2,27,28,29). The number of amides is 2. The molecule has 0 radical (unpaired) electrons. The van der Waals surface area contributed by atoms with Gasteiger partial charge in [-0.15, -0.1) is 0 Å². The van der Waals surface area contributed by atoms with Gasteiger partial charge in [0.1, 0.15) is 27.4 Å². The number of fused-ring (bicyclic) bond motifs is 2. The Morgan fingerprint density at radius 3 is 2.57 bits per heavy atom. The highest BCUT2D eigenvalue weighted by Gasteiger charge is 2.24. The molecule has 2 aromatic heterocycles. The predicted octanol–water partition coefficient (Wildman–Crippen LogP) is 0.484. The van der Waals surface area contributed by atoms with Gasteiger partial charge in [0.25, 0.3) is 0 Å². The van der Waals surface area contributed by atoms with Crippen LogP contribution in [-0.2, 0) is 16.1 Å². The molecule has 194 valence electrons. The molecule has 4 heterocycles. The number of benzene rings is 1. The van der Waals surface area contributed by atoms with E-state index >= 15 is 0 Å². The summed E-state index contributed by atoms with van der Waals surface area (Å²) in [6, 6.07) is 3.99. The second-order valence-corrected chi connectivity index (χ2v) is 10.4. The molecule has 0 spiro atoms. The molecule has 11 nitrogen and oxygen atoms in total. The molecule has 0 bridgehead atoms. The zero-order chi connectivity index (χ0) is 25.9. The number of imidazole rings is 1. The van der Waals surface area contributed by atoms with Gasteiger partial charge in [0.15, 0.2) is 33.6 Å². The van der Waals surface area contributed by atoms with Crippen LogP contribution in [0.3, 0.4) is 0 Å². The summed E-state index contributed by atoms with van der Waals surface area (Å²) in [6.07, 6.45) is 4.50. The van der Waals surface area contributed by atoms with Crippen molar-refractivity contribution in [1.29, 1.82) is 0 Å². The Morgan fingerprint density at radius 2 is 1.84 bits per heavy atom.